The maximum Gasteiger partial charge on any atom is 0.311 e. The summed E-state index contributed by atoms with van der Waals surface area (Å²) in [6.07, 6.45) is 3.72. The Bertz CT molecular complexity index is 423. The van der Waals surface area contributed by atoms with Crippen molar-refractivity contribution in [1.82, 2.24) is 10.2 Å². The van der Waals surface area contributed by atoms with Gasteiger partial charge in [0.15, 0.2) is 0 Å². The standard InChI is InChI=1S/C15H24N2O4/c1-2-6-15(14(20)21)7-3-8-17(10-15)13(19)11-4-5-12(18)16-9-11/h11H,2-10H2,1H3,(H,16,18)(H,20,21). The number of hydrogen-bond acceptors (Lipinski definition) is 3. The summed E-state index contributed by atoms with van der Waals surface area (Å²) in [7, 11) is 0. The van der Waals surface area contributed by atoms with Gasteiger partial charge < -0.3 is 15.3 Å². The molecule has 0 bridgehead atoms. The lowest BCUT2D eigenvalue weighted by Crippen LogP contribution is -2.53. The Morgan fingerprint density at radius 2 is 2.24 bits per heavy atom. The molecule has 0 aliphatic carbocycles. The number of rotatable bonds is 4. The monoisotopic (exact) mass is 296 g/mol. The van der Waals surface area contributed by atoms with Gasteiger partial charge in [-0.25, -0.2) is 0 Å². The van der Waals surface area contributed by atoms with Crippen LogP contribution in [0.3, 0.4) is 0 Å². The van der Waals surface area contributed by atoms with Crippen LogP contribution in [0.25, 0.3) is 0 Å². The summed E-state index contributed by atoms with van der Waals surface area (Å²) in [5, 5.41) is 12.3. The smallest absolute Gasteiger partial charge is 0.311 e. The Balaban J connectivity index is 2.04. The fraction of sp³-hybridized carbons (Fsp3) is 0.800. The third-order valence-corrected chi connectivity index (χ3v) is 4.69. The summed E-state index contributed by atoms with van der Waals surface area (Å²) >= 11 is 0. The van der Waals surface area contributed by atoms with E-state index < -0.39 is 11.4 Å². The zero-order chi connectivity index (χ0) is 15.5. The van der Waals surface area contributed by atoms with Crippen molar-refractivity contribution in [3.63, 3.8) is 0 Å². The molecule has 2 unspecified atom stereocenters. The second-order valence-electron chi connectivity index (χ2n) is 6.24. The lowest BCUT2D eigenvalue weighted by molar-refractivity contribution is -0.156. The molecule has 0 aromatic carbocycles. The van der Waals surface area contributed by atoms with E-state index in [0.717, 1.165) is 12.8 Å². The average molecular weight is 296 g/mol. The molecule has 0 radical (unpaired) electrons. The van der Waals surface area contributed by atoms with Gasteiger partial charge in [-0.15, -0.1) is 0 Å². The van der Waals surface area contributed by atoms with E-state index in [1.807, 2.05) is 6.92 Å². The normalized spacial score (nSPS) is 29.9. The molecule has 0 aromatic heterocycles. The van der Waals surface area contributed by atoms with Crippen LogP contribution in [0.15, 0.2) is 0 Å². The van der Waals surface area contributed by atoms with E-state index in [2.05, 4.69) is 5.32 Å². The Morgan fingerprint density at radius 1 is 1.48 bits per heavy atom. The van der Waals surface area contributed by atoms with Gasteiger partial charge in [0, 0.05) is 26.1 Å². The fourth-order valence-corrected chi connectivity index (χ4v) is 3.49. The van der Waals surface area contributed by atoms with Crippen molar-refractivity contribution in [3.05, 3.63) is 0 Å². The molecular weight excluding hydrogens is 272 g/mol. The predicted molar refractivity (Wildman–Crippen MR) is 76.5 cm³/mol. The molecule has 21 heavy (non-hydrogen) atoms. The third-order valence-electron chi connectivity index (χ3n) is 4.69. The van der Waals surface area contributed by atoms with E-state index in [-0.39, 0.29) is 17.7 Å². The molecule has 6 heteroatoms. The Kier molecular flexibility index (Phi) is 4.85. The fourth-order valence-electron chi connectivity index (χ4n) is 3.49. The summed E-state index contributed by atoms with van der Waals surface area (Å²) < 4.78 is 0. The highest BCUT2D eigenvalue weighted by Crippen LogP contribution is 2.35. The maximum atomic E-state index is 12.6. The number of carboxylic acid groups (broad SMARTS) is 1. The summed E-state index contributed by atoms with van der Waals surface area (Å²) in [6, 6.07) is 0. The van der Waals surface area contributed by atoms with E-state index in [0.29, 0.717) is 45.3 Å². The first-order chi connectivity index (χ1) is 9.98. The zero-order valence-electron chi connectivity index (χ0n) is 12.6. The first-order valence-electron chi connectivity index (χ1n) is 7.77. The van der Waals surface area contributed by atoms with Crippen molar-refractivity contribution >= 4 is 17.8 Å². The van der Waals surface area contributed by atoms with Gasteiger partial charge in [0.25, 0.3) is 0 Å². The number of hydrogen-bond donors (Lipinski definition) is 2. The highest BCUT2D eigenvalue weighted by Gasteiger charge is 2.43. The van der Waals surface area contributed by atoms with Gasteiger partial charge in [-0.2, -0.15) is 0 Å². The molecule has 2 atom stereocenters. The van der Waals surface area contributed by atoms with E-state index >= 15 is 0 Å². The lowest BCUT2D eigenvalue weighted by Gasteiger charge is -2.41. The SMILES string of the molecule is CCCC1(C(=O)O)CCCN(C(=O)C2CCC(=O)NC2)C1. The molecule has 0 saturated carbocycles. The number of likely N-dealkylation sites (tertiary alicyclic amines) is 1. The number of aliphatic carboxylic acids is 1. The minimum atomic E-state index is -0.793. The Labute approximate surface area is 124 Å². The van der Waals surface area contributed by atoms with Gasteiger partial charge in [0.1, 0.15) is 0 Å². The number of carbonyl (C=O) groups excluding carboxylic acids is 2. The minimum Gasteiger partial charge on any atom is -0.481 e. The van der Waals surface area contributed by atoms with Crippen molar-refractivity contribution in [3.8, 4) is 0 Å². The second kappa shape index (κ2) is 6.45. The molecule has 6 nitrogen and oxygen atoms in total. The molecule has 2 saturated heterocycles. The minimum absolute atomic E-state index is 0.00331. The summed E-state index contributed by atoms with van der Waals surface area (Å²) in [5.74, 6) is -1.01. The number of carbonyl (C=O) groups is 3. The summed E-state index contributed by atoms with van der Waals surface area (Å²) in [6.45, 7) is 3.28. The first kappa shape index (κ1) is 15.8. The average Bonchev–Trinajstić information content (AvgIpc) is 2.48. The maximum absolute atomic E-state index is 12.6. The van der Waals surface area contributed by atoms with E-state index in [1.54, 1.807) is 4.90 Å². The van der Waals surface area contributed by atoms with Crippen LogP contribution in [-0.2, 0) is 14.4 Å². The molecule has 2 N–H and O–H groups in total. The van der Waals surface area contributed by atoms with Gasteiger partial charge in [-0.1, -0.05) is 13.3 Å². The highest BCUT2D eigenvalue weighted by molar-refractivity contribution is 5.84. The van der Waals surface area contributed by atoms with Crippen LogP contribution in [0.1, 0.15) is 45.4 Å². The molecule has 0 spiro atoms. The molecule has 2 aliphatic heterocycles. The van der Waals surface area contributed by atoms with Gasteiger partial charge in [0.2, 0.25) is 11.8 Å². The molecule has 2 heterocycles. The topological polar surface area (TPSA) is 86.7 Å². The van der Waals surface area contributed by atoms with Crippen LogP contribution in [0.5, 0.6) is 0 Å². The lowest BCUT2D eigenvalue weighted by atomic mass is 9.76. The van der Waals surface area contributed by atoms with Gasteiger partial charge in [-0.05, 0) is 25.7 Å². The van der Waals surface area contributed by atoms with Gasteiger partial charge >= 0.3 is 5.97 Å². The Hall–Kier alpha value is -1.59. The van der Waals surface area contributed by atoms with Crippen LogP contribution in [0, 0.1) is 11.3 Å². The largest absolute Gasteiger partial charge is 0.481 e. The summed E-state index contributed by atoms with van der Waals surface area (Å²) in [5.41, 5.74) is -0.791. The molecule has 2 aliphatic rings. The van der Waals surface area contributed by atoms with Crippen molar-refractivity contribution in [2.75, 3.05) is 19.6 Å². The zero-order valence-corrected chi connectivity index (χ0v) is 12.6. The van der Waals surface area contributed by atoms with E-state index in [1.165, 1.54) is 0 Å². The number of carboxylic acids is 1. The molecule has 2 fully saturated rings. The molecule has 0 aromatic rings. The quantitative estimate of drug-likeness (QED) is 0.810. The van der Waals surface area contributed by atoms with Crippen LogP contribution in [-0.4, -0.2) is 47.4 Å². The van der Waals surface area contributed by atoms with Crippen molar-refractivity contribution in [1.29, 1.82) is 0 Å². The van der Waals surface area contributed by atoms with Gasteiger partial charge in [-0.3, -0.25) is 14.4 Å². The van der Waals surface area contributed by atoms with Crippen LogP contribution in [0.2, 0.25) is 0 Å². The number of nitrogens with zero attached hydrogens (tertiary/aromatic N) is 1. The second-order valence-corrected chi connectivity index (χ2v) is 6.24. The van der Waals surface area contributed by atoms with E-state index in [9.17, 15) is 19.5 Å². The van der Waals surface area contributed by atoms with Crippen LogP contribution >= 0.6 is 0 Å². The van der Waals surface area contributed by atoms with Crippen LogP contribution in [0.4, 0.5) is 0 Å². The predicted octanol–water partition coefficient (Wildman–Crippen LogP) is 1.01. The highest BCUT2D eigenvalue weighted by atomic mass is 16.4. The van der Waals surface area contributed by atoms with Crippen LogP contribution < -0.4 is 5.32 Å². The third kappa shape index (κ3) is 3.36. The molecule has 2 amide bonds. The van der Waals surface area contributed by atoms with E-state index in [4.69, 9.17) is 0 Å². The molecular formula is C15H24N2O4. The first-order valence-corrected chi connectivity index (χ1v) is 7.77. The summed E-state index contributed by atoms with van der Waals surface area (Å²) in [4.78, 5) is 37.1. The van der Waals surface area contributed by atoms with Gasteiger partial charge in [0.05, 0.1) is 11.3 Å². The number of amides is 2. The molecule has 2 rings (SSSR count). The van der Waals surface area contributed by atoms with Crippen molar-refractivity contribution in [2.45, 2.75) is 45.4 Å². The Morgan fingerprint density at radius 3 is 2.81 bits per heavy atom. The number of piperidine rings is 2. The van der Waals surface area contributed by atoms with Crippen molar-refractivity contribution in [2.24, 2.45) is 11.3 Å². The number of nitrogens with one attached hydrogen (secondary N) is 1. The van der Waals surface area contributed by atoms with Crippen molar-refractivity contribution < 1.29 is 19.5 Å². The molecule has 118 valence electrons.